The molecule has 0 unspecified atom stereocenters. The van der Waals surface area contributed by atoms with Crippen LogP contribution in [0.5, 0.6) is 11.5 Å². The van der Waals surface area contributed by atoms with Gasteiger partial charge in [-0.1, -0.05) is 0 Å². The van der Waals surface area contributed by atoms with Gasteiger partial charge in [-0.3, -0.25) is 0 Å². The fourth-order valence-electron chi connectivity index (χ4n) is 1.52. The van der Waals surface area contributed by atoms with Gasteiger partial charge in [0.25, 0.3) is 0 Å². The number of hydrogen-bond acceptors (Lipinski definition) is 2. The highest BCUT2D eigenvalue weighted by atomic mass is 79.9. The van der Waals surface area contributed by atoms with Gasteiger partial charge in [-0.05, 0) is 37.9 Å². The molecule has 3 rings (SSSR count). The maximum Gasteiger partial charge on any atom is 0.231 e. The van der Waals surface area contributed by atoms with Gasteiger partial charge in [0.05, 0.1) is 14.6 Å². The largest absolute Gasteiger partial charge is 0.454 e. The number of ether oxygens (including phenoxy) is 2. The number of nitrogens with one attached hydrogen (secondary N) is 1. The van der Waals surface area contributed by atoms with E-state index in [1.54, 1.807) is 0 Å². The van der Waals surface area contributed by atoms with Crippen LogP contribution < -0.4 is 9.47 Å². The summed E-state index contributed by atoms with van der Waals surface area (Å²) in [6, 6.07) is 3.90. The molecule has 0 bridgehead atoms. The van der Waals surface area contributed by atoms with Crippen LogP contribution in [0.15, 0.2) is 21.2 Å². The van der Waals surface area contributed by atoms with Gasteiger partial charge in [0.15, 0.2) is 11.5 Å². The van der Waals surface area contributed by atoms with E-state index in [1.807, 2.05) is 12.1 Å². The average molecular weight is 319 g/mol. The maximum atomic E-state index is 5.30. The first kappa shape index (κ1) is 8.61. The molecular formula is C9H5Br2NO2. The van der Waals surface area contributed by atoms with Crippen LogP contribution in [-0.4, -0.2) is 11.8 Å². The van der Waals surface area contributed by atoms with E-state index in [0.29, 0.717) is 6.79 Å². The van der Waals surface area contributed by atoms with Gasteiger partial charge in [-0.2, -0.15) is 0 Å². The SMILES string of the molecule is Brc1[nH]c2cc3c(cc2c1Br)OCO3. The number of rotatable bonds is 0. The molecule has 0 aliphatic carbocycles. The van der Waals surface area contributed by atoms with Crippen LogP contribution in [0.1, 0.15) is 0 Å². The van der Waals surface area contributed by atoms with Crippen LogP contribution in [0.25, 0.3) is 10.9 Å². The molecular weight excluding hydrogens is 314 g/mol. The average Bonchev–Trinajstić information content (AvgIpc) is 2.70. The second-order valence-electron chi connectivity index (χ2n) is 3.00. The molecule has 2 heterocycles. The molecule has 0 saturated heterocycles. The molecule has 1 aliphatic rings. The molecule has 0 amide bonds. The van der Waals surface area contributed by atoms with Crippen molar-refractivity contribution in [3.05, 3.63) is 21.2 Å². The van der Waals surface area contributed by atoms with E-state index < -0.39 is 0 Å². The third-order valence-corrected chi connectivity index (χ3v) is 4.14. The summed E-state index contributed by atoms with van der Waals surface area (Å²) in [4.78, 5) is 3.19. The number of hydrogen-bond donors (Lipinski definition) is 1. The minimum atomic E-state index is 0.306. The van der Waals surface area contributed by atoms with Gasteiger partial charge >= 0.3 is 0 Å². The third-order valence-electron chi connectivity index (χ3n) is 2.19. The first-order valence-electron chi connectivity index (χ1n) is 4.02. The highest BCUT2D eigenvalue weighted by Gasteiger charge is 2.17. The fraction of sp³-hybridized carbons (Fsp3) is 0.111. The molecule has 2 aromatic rings. The van der Waals surface area contributed by atoms with Gasteiger partial charge in [0.2, 0.25) is 6.79 Å². The third kappa shape index (κ3) is 1.09. The van der Waals surface area contributed by atoms with Gasteiger partial charge in [0, 0.05) is 11.5 Å². The molecule has 1 N–H and O–H groups in total. The number of aromatic nitrogens is 1. The van der Waals surface area contributed by atoms with Gasteiger partial charge < -0.3 is 14.5 Å². The fourth-order valence-corrected chi connectivity index (χ4v) is 2.37. The second-order valence-corrected chi connectivity index (χ2v) is 4.59. The van der Waals surface area contributed by atoms with Crippen molar-refractivity contribution >= 4 is 42.8 Å². The Morgan fingerprint density at radius 2 is 1.86 bits per heavy atom. The quantitative estimate of drug-likeness (QED) is 0.807. The summed E-state index contributed by atoms with van der Waals surface area (Å²) >= 11 is 6.90. The van der Waals surface area contributed by atoms with E-state index in [0.717, 1.165) is 31.5 Å². The summed E-state index contributed by atoms with van der Waals surface area (Å²) in [5.41, 5.74) is 1.02. The Hall–Kier alpha value is -0.680. The molecule has 3 nitrogen and oxygen atoms in total. The zero-order valence-corrected chi connectivity index (χ0v) is 10.1. The highest BCUT2D eigenvalue weighted by Crippen LogP contribution is 2.40. The van der Waals surface area contributed by atoms with Gasteiger partial charge in [0.1, 0.15) is 0 Å². The monoisotopic (exact) mass is 317 g/mol. The number of halogens is 2. The van der Waals surface area contributed by atoms with Crippen LogP contribution >= 0.6 is 31.9 Å². The zero-order chi connectivity index (χ0) is 9.71. The number of H-pyrrole nitrogens is 1. The minimum absolute atomic E-state index is 0.306. The molecule has 0 fully saturated rings. The van der Waals surface area contributed by atoms with Crippen molar-refractivity contribution in [1.29, 1.82) is 0 Å². The van der Waals surface area contributed by atoms with Crippen LogP contribution in [0, 0.1) is 0 Å². The lowest BCUT2D eigenvalue weighted by Gasteiger charge is -1.95. The summed E-state index contributed by atoms with van der Waals surface area (Å²) in [6.07, 6.45) is 0. The molecule has 14 heavy (non-hydrogen) atoms. The van der Waals surface area contributed by atoms with Crippen molar-refractivity contribution in [2.75, 3.05) is 6.79 Å². The number of fused-ring (bicyclic) bond motifs is 2. The normalized spacial score (nSPS) is 13.9. The van der Waals surface area contributed by atoms with Crippen LogP contribution in [-0.2, 0) is 0 Å². The first-order chi connectivity index (χ1) is 6.75. The lowest BCUT2D eigenvalue weighted by Crippen LogP contribution is -1.92. The Labute approximate surface area is 96.6 Å². The smallest absolute Gasteiger partial charge is 0.231 e. The molecule has 0 atom stereocenters. The topological polar surface area (TPSA) is 34.2 Å². The van der Waals surface area contributed by atoms with E-state index >= 15 is 0 Å². The molecule has 1 aromatic heterocycles. The summed E-state index contributed by atoms with van der Waals surface area (Å²) in [5.74, 6) is 1.59. The lowest BCUT2D eigenvalue weighted by atomic mass is 10.2. The Morgan fingerprint density at radius 1 is 1.14 bits per heavy atom. The Bertz CT molecular complexity index is 521. The molecule has 1 aliphatic heterocycles. The molecule has 72 valence electrons. The lowest BCUT2D eigenvalue weighted by molar-refractivity contribution is 0.174. The van der Waals surface area contributed by atoms with Gasteiger partial charge in [-0.25, -0.2) is 0 Å². The Balaban J connectivity index is 2.38. The molecule has 0 saturated carbocycles. The Kier molecular flexibility index (Phi) is 1.79. The van der Waals surface area contributed by atoms with Crippen LogP contribution in [0.4, 0.5) is 0 Å². The van der Waals surface area contributed by atoms with Crippen molar-refractivity contribution < 1.29 is 9.47 Å². The molecule has 0 radical (unpaired) electrons. The predicted octanol–water partition coefficient (Wildman–Crippen LogP) is 3.42. The first-order valence-corrected chi connectivity index (χ1v) is 5.60. The van der Waals surface area contributed by atoms with Crippen molar-refractivity contribution in [3.63, 3.8) is 0 Å². The van der Waals surface area contributed by atoms with E-state index in [1.165, 1.54) is 0 Å². The van der Waals surface area contributed by atoms with Crippen molar-refractivity contribution in [3.8, 4) is 11.5 Å². The summed E-state index contributed by atoms with van der Waals surface area (Å²) in [5, 5.41) is 1.08. The summed E-state index contributed by atoms with van der Waals surface area (Å²) in [7, 11) is 0. The van der Waals surface area contributed by atoms with Crippen LogP contribution in [0.2, 0.25) is 0 Å². The van der Waals surface area contributed by atoms with E-state index in [9.17, 15) is 0 Å². The van der Waals surface area contributed by atoms with E-state index in [2.05, 4.69) is 36.8 Å². The predicted molar refractivity (Wildman–Crippen MR) is 59.8 cm³/mol. The molecule has 0 spiro atoms. The maximum absolute atomic E-state index is 5.30. The Morgan fingerprint density at radius 3 is 2.64 bits per heavy atom. The second kappa shape index (κ2) is 2.90. The number of aromatic amines is 1. The summed E-state index contributed by atoms with van der Waals surface area (Å²) in [6.45, 7) is 0.306. The highest BCUT2D eigenvalue weighted by molar-refractivity contribution is 9.13. The standard InChI is InChI=1S/C9H5Br2NO2/c10-8-4-1-6-7(14-3-13-6)2-5(4)12-9(8)11/h1-2,12H,3H2. The van der Waals surface area contributed by atoms with Crippen molar-refractivity contribution in [2.45, 2.75) is 0 Å². The minimum Gasteiger partial charge on any atom is -0.454 e. The van der Waals surface area contributed by atoms with Crippen molar-refractivity contribution in [2.24, 2.45) is 0 Å². The number of benzene rings is 1. The molecule has 5 heteroatoms. The zero-order valence-electron chi connectivity index (χ0n) is 6.93. The molecule has 1 aromatic carbocycles. The van der Waals surface area contributed by atoms with E-state index in [-0.39, 0.29) is 0 Å². The van der Waals surface area contributed by atoms with E-state index in [4.69, 9.17) is 9.47 Å². The summed E-state index contributed by atoms with van der Waals surface area (Å²) < 4.78 is 12.5. The van der Waals surface area contributed by atoms with Crippen LogP contribution in [0.3, 0.4) is 0 Å². The van der Waals surface area contributed by atoms with Gasteiger partial charge in [-0.15, -0.1) is 0 Å². The van der Waals surface area contributed by atoms with Crippen molar-refractivity contribution in [1.82, 2.24) is 4.98 Å².